The number of amides is 1. The van der Waals surface area contributed by atoms with Gasteiger partial charge in [0.15, 0.2) is 5.82 Å². The molecule has 0 radical (unpaired) electrons. The predicted molar refractivity (Wildman–Crippen MR) is 137 cm³/mol. The first-order chi connectivity index (χ1) is 16.4. The molecule has 4 rings (SSSR count). The number of ether oxygens (including phenoxy) is 1. The van der Waals surface area contributed by atoms with Crippen molar-refractivity contribution in [3.05, 3.63) is 95.2 Å². The van der Waals surface area contributed by atoms with Crippen LogP contribution < -0.4 is 20.7 Å². The Hall–Kier alpha value is -4.39. The van der Waals surface area contributed by atoms with Crippen molar-refractivity contribution >= 4 is 34.7 Å². The maximum Gasteiger partial charge on any atom is 0.255 e. The number of rotatable bonds is 7. The molecular weight excluding hydrogens is 426 g/mol. The molecule has 0 fully saturated rings. The molecule has 0 aliphatic heterocycles. The minimum absolute atomic E-state index is 0.263. The molecule has 1 aromatic heterocycles. The molecule has 3 N–H and O–H groups in total. The number of methoxy groups -OCH3 is 1. The van der Waals surface area contributed by atoms with Crippen LogP contribution in [-0.4, -0.2) is 23.0 Å². The molecule has 0 unspecified atom stereocenters. The first-order valence-corrected chi connectivity index (χ1v) is 10.9. The van der Waals surface area contributed by atoms with Crippen molar-refractivity contribution < 1.29 is 9.53 Å². The normalized spacial score (nSPS) is 10.5. The average molecular weight is 454 g/mol. The number of aromatic nitrogens is 2. The molecule has 0 aliphatic carbocycles. The van der Waals surface area contributed by atoms with Gasteiger partial charge in [-0.3, -0.25) is 4.79 Å². The number of hydrogen-bond donors (Lipinski definition) is 3. The number of aryl methyl sites for hydroxylation is 3. The lowest BCUT2D eigenvalue weighted by atomic mass is 10.2. The summed E-state index contributed by atoms with van der Waals surface area (Å²) < 4.78 is 5.18. The Labute approximate surface area is 199 Å². The van der Waals surface area contributed by atoms with Crippen molar-refractivity contribution in [1.29, 1.82) is 0 Å². The molecule has 1 heterocycles. The second kappa shape index (κ2) is 10.0. The first-order valence-electron chi connectivity index (χ1n) is 10.9. The minimum Gasteiger partial charge on any atom is -0.497 e. The molecule has 172 valence electrons. The molecule has 1 amide bonds. The molecule has 3 aromatic carbocycles. The highest BCUT2D eigenvalue weighted by atomic mass is 16.5. The number of nitrogens with zero attached hydrogens (tertiary/aromatic N) is 2. The molecule has 0 saturated carbocycles. The van der Waals surface area contributed by atoms with Gasteiger partial charge in [-0.1, -0.05) is 35.4 Å². The van der Waals surface area contributed by atoms with E-state index in [2.05, 4.69) is 25.9 Å². The van der Waals surface area contributed by atoms with E-state index in [1.54, 1.807) is 31.4 Å². The molecular formula is C27H27N5O2. The third-order valence-electron chi connectivity index (χ3n) is 5.30. The largest absolute Gasteiger partial charge is 0.497 e. The zero-order valence-electron chi connectivity index (χ0n) is 19.6. The maximum absolute atomic E-state index is 13.0. The van der Waals surface area contributed by atoms with E-state index in [0.29, 0.717) is 34.5 Å². The fraction of sp³-hybridized carbons (Fsp3) is 0.148. The van der Waals surface area contributed by atoms with Crippen molar-refractivity contribution in [3.8, 4) is 5.75 Å². The van der Waals surface area contributed by atoms with Crippen molar-refractivity contribution in [3.63, 3.8) is 0 Å². The lowest BCUT2D eigenvalue weighted by Crippen LogP contribution is -2.16. The number of benzene rings is 3. The van der Waals surface area contributed by atoms with Crippen molar-refractivity contribution in [1.82, 2.24) is 9.97 Å². The van der Waals surface area contributed by atoms with Crippen LogP contribution in [0.1, 0.15) is 27.2 Å². The number of anilines is 5. The molecule has 4 aromatic rings. The van der Waals surface area contributed by atoms with Gasteiger partial charge >= 0.3 is 0 Å². The monoisotopic (exact) mass is 453 g/mol. The first kappa shape index (κ1) is 22.8. The van der Waals surface area contributed by atoms with Crippen molar-refractivity contribution in [2.24, 2.45) is 0 Å². The lowest BCUT2D eigenvalue weighted by molar-refractivity contribution is 0.102. The van der Waals surface area contributed by atoms with Gasteiger partial charge in [-0.15, -0.1) is 0 Å². The topological polar surface area (TPSA) is 88.2 Å². The summed E-state index contributed by atoms with van der Waals surface area (Å²) in [6, 6.07) is 22.9. The third kappa shape index (κ3) is 5.50. The smallest absolute Gasteiger partial charge is 0.255 e. The van der Waals surface area contributed by atoms with E-state index < -0.39 is 0 Å². The van der Waals surface area contributed by atoms with Gasteiger partial charge in [0.1, 0.15) is 11.4 Å². The molecule has 0 atom stereocenters. The van der Waals surface area contributed by atoms with Crippen LogP contribution in [0.2, 0.25) is 0 Å². The second-order valence-corrected chi connectivity index (χ2v) is 8.02. The van der Waals surface area contributed by atoms with Gasteiger partial charge < -0.3 is 20.7 Å². The summed E-state index contributed by atoms with van der Waals surface area (Å²) in [5.74, 6) is 1.34. The fourth-order valence-corrected chi connectivity index (χ4v) is 3.34. The van der Waals surface area contributed by atoms with E-state index in [4.69, 9.17) is 4.74 Å². The predicted octanol–water partition coefficient (Wildman–Crippen LogP) is 6.15. The zero-order chi connectivity index (χ0) is 24.1. The Balaban J connectivity index is 1.67. The van der Waals surface area contributed by atoms with Gasteiger partial charge in [-0.2, -0.15) is 4.98 Å². The summed E-state index contributed by atoms with van der Waals surface area (Å²) in [6.45, 7) is 5.91. The van der Waals surface area contributed by atoms with Crippen LogP contribution in [-0.2, 0) is 0 Å². The number of hydrogen-bond acceptors (Lipinski definition) is 6. The number of carbonyl (C=O) groups is 1. The van der Waals surface area contributed by atoms with Gasteiger partial charge in [0, 0.05) is 16.9 Å². The summed E-state index contributed by atoms with van der Waals surface area (Å²) in [6.07, 6.45) is 0. The Morgan fingerprint density at radius 2 is 1.29 bits per heavy atom. The highest BCUT2D eigenvalue weighted by molar-refractivity contribution is 6.06. The lowest BCUT2D eigenvalue weighted by Gasteiger charge is -2.17. The molecule has 0 aliphatic rings. The molecule has 0 saturated heterocycles. The molecule has 7 nitrogen and oxygen atoms in total. The van der Waals surface area contributed by atoms with E-state index in [0.717, 1.165) is 16.9 Å². The quantitative estimate of drug-likeness (QED) is 0.311. The summed E-state index contributed by atoms with van der Waals surface area (Å²) >= 11 is 0. The van der Waals surface area contributed by atoms with Crippen LogP contribution in [0.4, 0.5) is 28.8 Å². The van der Waals surface area contributed by atoms with Gasteiger partial charge in [0.05, 0.1) is 12.8 Å². The minimum atomic E-state index is -0.263. The van der Waals surface area contributed by atoms with E-state index in [1.807, 2.05) is 69.3 Å². The summed E-state index contributed by atoms with van der Waals surface area (Å²) in [4.78, 5) is 22.2. The highest BCUT2D eigenvalue weighted by Crippen LogP contribution is 2.29. The van der Waals surface area contributed by atoms with Gasteiger partial charge in [-0.25, -0.2) is 4.98 Å². The summed E-state index contributed by atoms with van der Waals surface area (Å²) in [5.41, 5.74) is 5.69. The van der Waals surface area contributed by atoms with E-state index >= 15 is 0 Å². The standard InChI is InChI=1S/C27H27N5O2/c1-17-5-11-21(12-6-17)29-25-24(31-26(33)20-9-15-23(34-4)16-10-20)19(3)28-27(32-25)30-22-13-7-18(2)8-14-22/h5-16H,1-4H3,(H,31,33)(H2,28,29,30,32). The van der Waals surface area contributed by atoms with E-state index in [-0.39, 0.29) is 5.91 Å². The Kier molecular flexibility index (Phi) is 6.73. The van der Waals surface area contributed by atoms with Crippen LogP contribution in [0.25, 0.3) is 0 Å². The Morgan fingerprint density at radius 1 is 0.735 bits per heavy atom. The Bertz CT molecular complexity index is 1280. The van der Waals surface area contributed by atoms with Crippen LogP contribution in [0, 0.1) is 20.8 Å². The van der Waals surface area contributed by atoms with Crippen molar-refractivity contribution in [2.75, 3.05) is 23.1 Å². The summed E-state index contributed by atoms with van der Waals surface area (Å²) in [5, 5.41) is 9.54. The fourth-order valence-electron chi connectivity index (χ4n) is 3.34. The zero-order valence-corrected chi connectivity index (χ0v) is 19.6. The van der Waals surface area contributed by atoms with E-state index in [9.17, 15) is 4.79 Å². The van der Waals surface area contributed by atoms with Crippen molar-refractivity contribution in [2.45, 2.75) is 20.8 Å². The molecule has 0 bridgehead atoms. The second-order valence-electron chi connectivity index (χ2n) is 8.02. The van der Waals surface area contributed by atoms with Gasteiger partial charge in [0.2, 0.25) is 5.95 Å². The van der Waals surface area contributed by atoms with E-state index in [1.165, 1.54) is 5.56 Å². The SMILES string of the molecule is COc1ccc(C(=O)Nc2c(C)nc(Nc3ccc(C)cc3)nc2Nc2ccc(C)cc2)cc1. The molecule has 7 heteroatoms. The van der Waals surface area contributed by atoms with Gasteiger partial charge in [-0.05, 0) is 69.3 Å². The molecule has 0 spiro atoms. The van der Waals surface area contributed by atoms with Crippen LogP contribution in [0.5, 0.6) is 5.75 Å². The third-order valence-corrected chi connectivity index (χ3v) is 5.30. The highest BCUT2D eigenvalue weighted by Gasteiger charge is 2.16. The maximum atomic E-state index is 13.0. The van der Waals surface area contributed by atoms with Crippen LogP contribution in [0.3, 0.4) is 0 Å². The Morgan fingerprint density at radius 3 is 1.85 bits per heavy atom. The van der Waals surface area contributed by atoms with Crippen LogP contribution >= 0.6 is 0 Å². The summed E-state index contributed by atoms with van der Waals surface area (Å²) in [7, 11) is 1.59. The number of carbonyl (C=O) groups excluding carboxylic acids is 1. The van der Waals surface area contributed by atoms with Crippen LogP contribution in [0.15, 0.2) is 72.8 Å². The average Bonchev–Trinajstić information content (AvgIpc) is 2.84. The molecule has 34 heavy (non-hydrogen) atoms. The van der Waals surface area contributed by atoms with Gasteiger partial charge in [0.25, 0.3) is 5.91 Å². The number of nitrogens with one attached hydrogen (secondary N) is 3.